The first kappa shape index (κ1) is 20.3. The molecule has 4 aromatic rings. The van der Waals surface area contributed by atoms with Crippen LogP contribution in [0.2, 0.25) is 0 Å². The smallest absolute Gasteiger partial charge is 0.278 e. The predicted molar refractivity (Wildman–Crippen MR) is 129 cm³/mol. The molecule has 5 nitrogen and oxygen atoms in total. The van der Waals surface area contributed by atoms with E-state index in [0.29, 0.717) is 24.2 Å². The number of aryl methyl sites for hydroxylation is 1. The second kappa shape index (κ2) is 8.13. The summed E-state index contributed by atoms with van der Waals surface area (Å²) in [6, 6.07) is 21.7. The zero-order chi connectivity index (χ0) is 22.2. The molecule has 160 valence electrons. The number of carbonyl (C=O) groups is 2. The van der Waals surface area contributed by atoms with Gasteiger partial charge in [-0.1, -0.05) is 42.5 Å². The van der Waals surface area contributed by atoms with Crippen LogP contribution in [0.4, 0.5) is 5.69 Å². The second-order valence-corrected chi connectivity index (χ2v) is 8.84. The van der Waals surface area contributed by atoms with Gasteiger partial charge in [-0.25, -0.2) is 0 Å². The maximum atomic E-state index is 13.5. The molecule has 0 radical (unpaired) electrons. The van der Waals surface area contributed by atoms with Crippen molar-refractivity contribution in [2.24, 2.45) is 7.05 Å². The molecule has 2 aromatic carbocycles. The minimum atomic E-state index is -0.245. The molecule has 0 spiro atoms. The first-order valence-corrected chi connectivity index (χ1v) is 11.4. The van der Waals surface area contributed by atoms with Gasteiger partial charge in [0.25, 0.3) is 11.8 Å². The van der Waals surface area contributed by atoms with Crippen molar-refractivity contribution in [1.29, 1.82) is 0 Å². The molecule has 6 heteroatoms. The third-order valence-corrected chi connectivity index (χ3v) is 6.86. The number of imide groups is 1. The molecular formula is C26H23N3O2S. The van der Waals surface area contributed by atoms with E-state index >= 15 is 0 Å². The standard InChI is InChI=1S/C26H23N3O2S/c1-27-17-18(20-11-6-7-12-21(20)27)14-15-29-25(30)23(22-13-8-16-32-22)24(26(29)31)28(2)19-9-4-3-5-10-19/h3-13,16-17H,14-15H2,1-2H3. The fourth-order valence-electron chi connectivity index (χ4n) is 4.36. The van der Waals surface area contributed by atoms with Gasteiger partial charge >= 0.3 is 0 Å². The molecule has 32 heavy (non-hydrogen) atoms. The number of nitrogens with zero attached hydrogens (tertiary/aromatic N) is 3. The molecule has 0 N–H and O–H groups in total. The Morgan fingerprint density at radius 1 is 0.906 bits per heavy atom. The van der Waals surface area contributed by atoms with Crippen molar-refractivity contribution >= 4 is 45.3 Å². The van der Waals surface area contributed by atoms with E-state index in [1.165, 1.54) is 16.2 Å². The number of hydrogen-bond acceptors (Lipinski definition) is 4. The molecule has 0 aliphatic carbocycles. The van der Waals surface area contributed by atoms with E-state index in [1.807, 2.05) is 79.0 Å². The van der Waals surface area contributed by atoms with Crippen LogP contribution in [0.15, 0.2) is 84.0 Å². The number of para-hydroxylation sites is 2. The number of thiophene rings is 1. The fraction of sp³-hybridized carbons (Fsp3) is 0.154. The average Bonchev–Trinajstić information content (AvgIpc) is 3.51. The number of hydrogen-bond donors (Lipinski definition) is 0. The summed E-state index contributed by atoms with van der Waals surface area (Å²) in [6.45, 7) is 0.340. The van der Waals surface area contributed by atoms with Crippen LogP contribution in [-0.4, -0.2) is 34.9 Å². The van der Waals surface area contributed by atoms with Crippen molar-refractivity contribution in [3.63, 3.8) is 0 Å². The van der Waals surface area contributed by atoms with Crippen molar-refractivity contribution in [2.75, 3.05) is 18.5 Å². The molecule has 0 saturated heterocycles. The van der Waals surface area contributed by atoms with Crippen molar-refractivity contribution in [2.45, 2.75) is 6.42 Å². The van der Waals surface area contributed by atoms with Crippen LogP contribution in [0.1, 0.15) is 10.4 Å². The summed E-state index contributed by atoms with van der Waals surface area (Å²) >= 11 is 1.48. The third-order valence-electron chi connectivity index (χ3n) is 5.97. The SMILES string of the molecule is CN(C1=C(c2cccs2)C(=O)N(CCc2cn(C)c3ccccc23)C1=O)c1ccccc1. The van der Waals surface area contributed by atoms with Crippen molar-refractivity contribution in [1.82, 2.24) is 9.47 Å². The van der Waals surface area contributed by atoms with E-state index < -0.39 is 0 Å². The topological polar surface area (TPSA) is 45.6 Å². The molecule has 1 aliphatic heterocycles. The van der Waals surface area contributed by atoms with E-state index in [9.17, 15) is 9.59 Å². The molecule has 3 heterocycles. The van der Waals surface area contributed by atoms with Gasteiger partial charge in [0, 0.05) is 48.3 Å². The molecule has 1 aliphatic rings. The summed E-state index contributed by atoms with van der Waals surface area (Å²) in [5, 5.41) is 3.08. The molecule has 0 unspecified atom stereocenters. The quantitative estimate of drug-likeness (QED) is 0.408. The highest BCUT2D eigenvalue weighted by atomic mass is 32.1. The normalized spacial score (nSPS) is 14.1. The zero-order valence-corrected chi connectivity index (χ0v) is 18.8. The Labute approximate surface area is 190 Å². The molecule has 0 saturated carbocycles. The fourth-order valence-corrected chi connectivity index (χ4v) is 5.12. The van der Waals surface area contributed by atoms with Crippen LogP contribution >= 0.6 is 11.3 Å². The number of aromatic nitrogens is 1. The number of rotatable bonds is 6. The Morgan fingerprint density at radius 2 is 1.66 bits per heavy atom. The lowest BCUT2D eigenvalue weighted by molar-refractivity contribution is -0.136. The summed E-state index contributed by atoms with van der Waals surface area (Å²) in [4.78, 5) is 31.0. The first-order chi connectivity index (χ1) is 15.6. The number of carbonyl (C=O) groups excluding carboxylic acids is 2. The van der Waals surface area contributed by atoms with Gasteiger partial charge in [0.15, 0.2) is 0 Å². The van der Waals surface area contributed by atoms with Crippen LogP contribution < -0.4 is 4.90 Å². The molecule has 0 bridgehead atoms. The van der Waals surface area contributed by atoms with Gasteiger partial charge in [-0.2, -0.15) is 0 Å². The number of amides is 2. The molecule has 2 aromatic heterocycles. The third kappa shape index (κ3) is 3.33. The van der Waals surface area contributed by atoms with E-state index in [4.69, 9.17) is 0 Å². The van der Waals surface area contributed by atoms with Crippen LogP contribution in [0, 0.1) is 0 Å². The van der Waals surface area contributed by atoms with Gasteiger partial charge in [0.2, 0.25) is 0 Å². The number of benzene rings is 2. The Bertz CT molecular complexity index is 1340. The molecule has 0 atom stereocenters. The number of fused-ring (bicyclic) bond motifs is 1. The molecule has 0 fully saturated rings. The van der Waals surface area contributed by atoms with Gasteiger partial charge in [-0.15, -0.1) is 11.3 Å². The Kier molecular flexibility index (Phi) is 5.15. The van der Waals surface area contributed by atoms with Crippen molar-refractivity contribution < 1.29 is 9.59 Å². The Balaban J connectivity index is 1.48. The van der Waals surface area contributed by atoms with Gasteiger partial charge in [0.1, 0.15) is 5.70 Å². The highest BCUT2D eigenvalue weighted by molar-refractivity contribution is 7.11. The maximum absolute atomic E-state index is 13.5. The molecule has 2 amide bonds. The maximum Gasteiger partial charge on any atom is 0.278 e. The van der Waals surface area contributed by atoms with Crippen LogP contribution in [-0.2, 0) is 23.1 Å². The van der Waals surface area contributed by atoms with Crippen LogP contribution in [0.5, 0.6) is 0 Å². The second-order valence-electron chi connectivity index (χ2n) is 7.89. The molecule has 5 rings (SSSR count). The number of anilines is 1. The van der Waals surface area contributed by atoms with E-state index in [-0.39, 0.29) is 11.8 Å². The largest absolute Gasteiger partial charge is 0.350 e. The van der Waals surface area contributed by atoms with E-state index in [2.05, 4.69) is 22.9 Å². The van der Waals surface area contributed by atoms with Crippen LogP contribution in [0.25, 0.3) is 16.5 Å². The minimum absolute atomic E-state index is 0.226. The molecular weight excluding hydrogens is 418 g/mol. The monoisotopic (exact) mass is 441 g/mol. The van der Waals surface area contributed by atoms with Gasteiger partial charge in [-0.05, 0) is 41.6 Å². The predicted octanol–water partition coefficient (Wildman–Crippen LogP) is 4.70. The highest BCUT2D eigenvalue weighted by Gasteiger charge is 2.41. The Hall–Kier alpha value is -3.64. The van der Waals surface area contributed by atoms with Gasteiger partial charge < -0.3 is 9.47 Å². The lowest BCUT2D eigenvalue weighted by atomic mass is 10.1. The summed E-state index contributed by atoms with van der Waals surface area (Å²) in [7, 11) is 3.86. The summed E-state index contributed by atoms with van der Waals surface area (Å²) in [5.74, 6) is -0.472. The van der Waals surface area contributed by atoms with Gasteiger partial charge in [0.05, 0.1) is 5.57 Å². The minimum Gasteiger partial charge on any atom is -0.350 e. The van der Waals surface area contributed by atoms with E-state index in [0.717, 1.165) is 27.0 Å². The number of likely N-dealkylation sites (N-methyl/N-ethyl adjacent to an activating group) is 1. The van der Waals surface area contributed by atoms with Crippen molar-refractivity contribution in [3.8, 4) is 0 Å². The highest BCUT2D eigenvalue weighted by Crippen LogP contribution is 2.35. The van der Waals surface area contributed by atoms with Crippen molar-refractivity contribution in [3.05, 3.63) is 94.4 Å². The zero-order valence-electron chi connectivity index (χ0n) is 18.0. The summed E-state index contributed by atoms with van der Waals surface area (Å²) < 4.78 is 2.09. The van der Waals surface area contributed by atoms with E-state index in [1.54, 1.807) is 0 Å². The van der Waals surface area contributed by atoms with Gasteiger partial charge in [-0.3, -0.25) is 14.5 Å². The summed E-state index contributed by atoms with van der Waals surface area (Å²) in [5.41, 5.74) is 4.05. The van der Waals surface area contributed by atoms with Crippen LogP contribution in [0.3, 0.4) is 0 Å². The lowest BCUT2D eigenvalue weighted by Crippen LogP contribution is -2.35. The lowest BCUT2D eigenvalue weighted by Gasteiger charge is -2.21. The Morgan fingerprint density at radius 3 is 2.41 bits per heavy atom. The first-order valence-electron chi connectivity index (χ1n) is 10.5. The summed E-state index contributed by atoms with van der Waals surface area (Å²) in [6.07, 6.45) is 2.69. The average molecular weight is 442 g/mol.